The van der Waals surface area contributed by atoms with Crippen LogP contribution in [0.1, 0.15) is 23.2 Å². The Kier molecular flexibility index (Phi) is 6.92. The van der Waals surface area contributed by atoms with Crippen LogP contribution in [0.5, 0.6) is 0 Å². The van der Waals surface area contributed by atoms with Gasteiger partial charge in [0.2, 0.25) is 0 Å². The lowest BCUT2D eigenvalue weighted by molar-refractivity contribution is 0.0858. The van der Waals surface area contributed by atoms with Crippen LogP contribution in [0.15, 0.2) is 47.4 Å². The van der Waals surface area contributed by atoms with E-state index in [1.807, 2.05) is 4.90 Å². The number of carbonyl (C=O) groups excluding carboxylic acids is 1. The first-order valence-corrected chi connectivity index (χ1v) is 12.2. The summed E-state index contributed by atoms with van der Waals surface area (Å²) in [5, 5.41) is 6.10. The normalized spacial score (nSPS) is 19.0. The number of ether oxygens (including phenoxy) is 1. The molecule has 2 aromatic rings. The van der Waals surface area contributed by atoms with Crippen molar-refractivity contribution in [1.82, 2.24) is 10.6 Å². The van der Waals surface area contributed by atoms with Gasteiger partial charge >= 0.3 is 0 Å². The van der Waals surface area contributed by atoms with Gasteiger partial charge in [0.1, 0.15) is 10.7 Å². The molecule has 32 heavy (non-hydrogen) atoms. The largest absolute Gasteiger partial charge is 0.376 e. The van der Waals surface area contributed by atoms with Gasteiger partial charge in [-0.05, 0) is 43.2 Å². The average Bonchev–Trinajstić information content (AvgIpc) is 3.32. The lowest BCUT2D eigenvalue weighted by Crippen LogP contribution is -2.43. The summed E-state index contributed by atoms with van der Waals surface area (Å²) in [6, 6.07) is 10.1. The zero-order valence-electron chi connectivity index (χ0n) is 17.6. The number of halogens is 1. The minimum atomic E-state index is -4.19. The van der Waals surface area contributed by atoms with Crippen molar-refractivity contribution in [2.45, 2.75) is 23.8 Å². The summed E-state index contributed by atoms with van der Waals surface area (Å²) >= 11 is 0. The summed E-state index contributed by atoms with van der Waals surface area (Å²) in [5.74, 6) is -1.16. The van der Waals surface area contributed by atoms with Crippen LogP contribution in [0, 0.1) is 5.82 Å². The molecule has 4 rings (SSSR count). The summed E-state index contributed by atoms with van der Waals surface area (Å²) in [5.41, 5.74) is 1.19. The number of benzene rings is 2. The minimum Gasteiger partial charge on any atom is -0.376 e. The van der Waals surface area contributed by atoms with Crippen molar-refractivity contribution in [3.8, 4) is 0 Å². The first-order valence-electron chi connectivity index (χ1n) is 10.7. The number of nitrogens with one attached hydrogen (secondary N) is 3. The van der Waals surface area contributed by atoms with Crippen molar-refractivity contribution in [1.29, 1.82) is 0 Å². The monoisotopic (exact) mass is 462 g/mol. The number of hydrogen-bond acceptors (Lipinski definition) is 6. The first-order chi connectivity index (χ1) is 15.4. The number of carbonyl (C=O) groups is 1. The number of anilines is 2. The van der Waals surface area contributed by atoms with E-state index in [-0.39, 0.29) is 17.7 Å². The summed E-state index contributed by atoms with van der Waals surface area (Å²) in [6.07, 6.45) is 1.87. The van der Waals surface area contributed by atoms with Crippen molar-refractivity contribution >= 4 is 27.3 Å². The van der Waals surface area contributed by atoms with Gasteiger partial charge in [-0.1, -0.05) is 12.1 Å². The van der Waals surface area contributed by atoms with Crippen molar-refractivity contribution in [2.24, 2.45) is 0 Å². The molecule has 2 heterocycles. The molecule has 172 valence electrons. The second-order valence-electron chi connectivity index (χ2n) is 7.85. The summed E-state index contributed by atoms with van der Waals surface area (Å²) < 4.78 is 48.1. The lowest BCUT2D eigenvalue weighted by Gasteiger charge is -2.31. The first kappa shape index (κ1) is 22.5. The molecule has 10 heteroatoms. The zero-order chi connectivity index (χ0) is 22.6. The van der Waals surface area contributed by atoms with Crippen LogP contribution in [0.3, 0.4) is 0 Å². The number of sulfonamides is 1. The molecular formula is C22H27FN4O4S. The number of rotatable bonds is 7. The third-order valence-corrected chi connectivity index (χ3v) is 7.00. The van der Waals surface area contributed by atoms with Crippen molar-refractivity contribution in [2.75, 3.05) is 49.0 Å². The van der Waals surface area contributed by atoms with Gasteiger partial charge < -0.3 is 20.3 Å². The number of nitrogens with zero attached hydrogens (tertiary/aromatic N) is 1. The predicted molar refractivity (Wildman–Crippen MR) is 120 cm³/mol. The smallest absolute Gasteiger partial charge is 0.264 e. The van der Waals surface area contributed by atoms with Gasteiger partial charge in [-0.25, -0.2) is 12.8 Å². The maximum absolute atomic E-state index is 14.2. The molecule has 0 saturated carbocycles. The van der Waals surface area contributed by atoms with Crippen LogP contribution in [0.4, 0.5) is 15.8 Å². The second kappa shape index (κ2) is 9.85. The van der Waals surface area contributed by atoms with Gasteiger partial charge in [0.05, 0.1) is 17.5 Å². The molecule has 2 saturated heterocycles. The highest BCUT2D eigenvalue weighted by molar-refractivity contribution is 7.92. The van der Waals surface area contributed by atoms with E-state index in [0.717, 1.165) is 32.0 Å². The summed E-state index contributed by atoms with van der Waals surface area (Å²) in [7, 11) is -4.19. The number of piperazine rings is 1. The Morgan fingerprint density at radius 2 is 1.97 bits per heavy atom. The molecule has 0 radical (unpaired) electrons. The van der Waals surface area contributed by atoms with E-state index in [1.165, 1.54) is 24.3 Å². The summed E-state index contributed by atoms with van der Waals surface area (Å²) in [4.78, 5) is 14.3. The molecular weight excluding hydrogens is 435 g/mol. The molecule has 0 aromatic heterocycles. The molecule has 0 spiro atoms. The average molecular weight is 463 g/mol. The van der Waals surface area contributed by atoms with E-state index in [2.05, 4.69) is 15.4 Å². The van der Waals surface area contributed by atoms with Gasteiger partial charge in [0, 0.05) is 44.9 Å². The standard InChI is InChI=1S/C22H27FN4O4S/c23-18-5-1-2-6-21(18)32(29,30)26-19-14-16(22(28)25-15-17-4-3-13-31-17)7-8-20(19)27-11-9-24-10-12-27/h1-2,5-8,14,17,24,26H,3-4,9-13,15H2,(H,25,28)/t17-/m1/s1. The van der Waals surface area contributed by atoms with E-state index >= 15 is 0 Å². The van der Waals surface area contributed by atoms with Crippen LogP contribution in [-0.4, -0.2) is 59.8 Å². The van der Waals surface area contributed by atoms with E-state index in [9.17, 15) is 17.6 Å². The van der Waals surface area contributed by atoms with Crippen LogP contribution >= 0.6 is 0 Å². The molecule has 2 aliphatic rings. The van der Waals surface area contributed by atoms with Gasteiger partial charge in [0.15, 0.2) is 0 Å². The fraction of sp³-hybridized carbons (Fsp3) is 0.409. The topological polar surface area (TPSA) is 99.8 Å². The maximum Gasteiger partial charge on any atom is 0.264 e. The minimum absolute atomic E-state index is 0.00176. The van der Waals surface area contributed by atoms with Gasteiger partial charge in [-0.15, -0.1) is 0 Å². The fourth-order valence-corrected chi connectivity index (χ4v) is 5.06. The van der Waals surface area contributed by atoms with Gasteiger partial charge in [-0.3, -0.25) is 9.52 Å². The Hall–Kier alpha value is -2.69. The SMILES string of the molecule is O=C(NC[C@H]1CCCO1)c1ccc(N2CCNCC2)c(NS(=O)(=O)c2ccccc2F)c1. The molecule has 2 aromatic carbocycles. The third kappa shape index (κ3) is 5.20. The van der Waals surface area contributed by atoms with E-state index in [0.29, 0.717) is 37.5 Å². The van der Waals surface area contributed by atoms with Crippen molar-refractivity contribution in [3.63, 3.8) is 0 Å². The van der Waals surface area contributed by atoms with E-state index in [1.54, 1.807) is 12.1 Å². The highest BCUT2D eigenvalue weighted by Gasteiger charge is 2.24. The van der Waals surface area contributed by atoms with Crippen LogP contribution in [0.2, 0.25) is 0 Å². The van der Waals surface area contributed by atoms with E-state index in [4.69, 9.17) is 4.74 Å². The molecule has 2 aliphatic heterocycles. The maximum atomic E-state index is 14.2. The van der Waals surface area contributed by atoms with Gasteiger partial charge in [-0.2, -0.15) is 0 Å². The summed E-state index contributed by atoms with van der Waals surface area (Å²) in [6.45, 7) is 3.96. The lowest BCUT2D eigenvalue weighted by atomic mass is 10.1. The molecule has 2 fully saturated rings. The molecule has 1 amide bonds. The highest BCUT2D eigenvalue weighted by Crippen LogP contribution is 2.30. The van der Waals surface area contributed by atoms with Crippen molar-refractivity contribution < 1.29 is 22.3 Å². The van der Waals surface area contributed by atoms with Crippen LogP contribution in [-0.2, 0) is 14.8 Å². The molecule has 0 aliphatic carbocycles. The Balaban J connectivity index is 1.61. The Morgan fingerprint density at radius 3 is 2.69 bits per heavy atom. The fourth-order valence-electron chi connectivity index (χ4n) is 3.92. The van der Waals surface area contributed by atoms with Crippen LogP contribution < -0.4 is 20.3 Å². The molecule has 3 N–H and O–H groups in total. The number of hydrogen-bond donors (Lipinski definition) is 3. The molecule has 8 nitrogen and oxygen atoms in total. The van der Waals surface area contributed by atoms with Gasteiger partial charge in [0.25, 0.3) is 15.9 Å². The Bertz CT molecular complexity index is 1070. The zero-order valence-corrected chi connectivity index (χ0v) is 18.5. The second-order valence-corrected chi connectivity index (χ2v) is 9.50. The number of amides is 1. The predicted octanol–water partition coefficient (Wildman–Crippen LogP) is 1.94. The molecule has 1 atom stereocenters. The quantitative estimate of drug-likeness (QED) is 0.582. The van der Waals surface area contributed by atoms with E-state index < -0.39 is 20.7 Å². The molecule has 0 unspecified atom stereocenters. The highest BCUT2D eigenvalue weighted by atomic mass is 32.2. The van der Waals surface area contributed by atoms with Crippen LogP contribution in [0.25, 0.3) is 0 Å². The Morgan fingerprint density at radius 1 is 1.19 bits per heavy atom. The Labute approximate surface area is 187 Å². The third-order valence-electron chi connectivity index (χ3n) is 5.60. The molecule has 0 bridgehead atoms. The van der Waals surface area contributed by atoms with Crippen molar-refractivity contribution in [3.05, 3.63) is 53.8 Å².